The van der Waals surface area contributed by atoms with Crippen LogP contribution in [-0.4, -0.2) is 9.97 Å². The van der Waals surface area contributed by atoms with Crippen molar-refractivity contribution in [1.29, 1.82) is 0 Å². The minimum Gasteiger partial charge on any atom is -0.435 e. The zero-order chi connectivity index (χ0) is 14.8. The third kappa shape index (κ3) is 2.61. The van der Waals surface area contributed by atoms with Crippen molar-refractivity contribution in [1.82, 2.24) is 9.97 Å². The monoisotopic (exact) mass is 346 g/mol. The smallest absolute Gasteiger partial charge is 0.259 e. The molecule has 0 radical (unpaired) electrons. The van der Waals surface area contributed by atoms with Gasteiger partial charge in [0, 0.05) is 0 Å². The van der Waals surface area contributed by atoms with E-state index in [9.17, 15) is 4.39 Å². The van der Waals surface area contributed by atoms with Crippen molar-refractivity contribution in [2.75, 3.05) is 0 Å². The normalized spacial score (nSPS) is 10.8. The van der Waals surface area contributed by atoms with Gasteiger partial charge in [-0.05, 0) is 39.2 Å². The standard InChI is InChI=1S/C16H12BrFN2O/c1-2-12-15(18)16(20-9-19-12)21-13-8-7-10-5-3-4-6-11(10)14(13)17/h3-9H,2H2,1H3. The minimum absolute atomic E-state index is 0.0576. The molecular formula is C16H12BrFN2O. The number of hydrogen-bond donors (Lipinski definition) is 0. The lowest BCUT2D eigenvalue weighted by molar-refractivity contribution is 0.414. The lowest BCUT2D eigenvalue weighted by Gasteiger charge is -2.10. The van der Waals surface area contributed by atoms with Crippen LogP contribution in [0.4, 0.5) is 4.39 Å². The summed E-state index contributed by atoms with van der Waals surface area (Å²) in [6, 6.07) is 11.6. The van der Waals surface area contributed by atoms with Crippen LogP contribution in [-0.2, 0) is 6.42 Å². The number of halogens is 2. The van der Waals surface area contributed by atoms with Crippen LogP contribution in [0.5, 0.6) is 11.6 Å². The Bertz CT molecular complexity index is 807. The highest BCUT2D eigenvalue weighted by molar-refractivity contribution is 9.10. The van der Waals surface area contributed by atoms with Crippen LogP contribution in [0.2, 0.25) is 0 Å². The van der Waals surface area contributed by atoms with Crippen LogP contribution in [0.25, 0.3) is 10.8 Å². The van der Waals surface area contributed by atoms with E-state index < -0.39 is 5.82 Å². The summed E-state index contributed by atoms with van der Waals surface area (Å²) in [5.74, 6) is -0.0498. The highest BCUT2D eigenvalue weighted by atomic mass is 79.9. The van der Waals surface area contributed by atoms with E-state index in [-0.39, 0.29) is 5.88 Å². The van der Waals surface area contributed by atoms with Gasteiger partial charge in [-0.2, -0.15) is 9.37 Å². The molecule has 0 N–H and O–H groups in total. The maximum atomic E-state index is 14.1. The molecule has 0 bridgehead atoms. The molecular weight excluding hydrogens is 335 g/mol. The van der Waals surface area contributed by atoms with E-state index in [1.54, 1.807) is 6.07 Å². The fourth-order valence-corrected chi connectivity index (χ4v) is 2.68. The van der Waals surface area contributed by atoms with Crippen molar-refractivity contribution in [2.45, 2.75) is 13.3 Å². The SMILES string of the molecule is CCc1ncnc(Oc2ccc3ccccc3c2Br)c1F. The molecule has 3 nitrogen and oxygen atoms in total. The molecule has 0 amide bonds. The molecule has 3 aromatic rings. The maximum Gasteiger partial charge on any atom is 0.259 e. The van der Waals surface area contributed by atoms with E-state index in [1.165, 1.54) is 6.33 Å². The largest absolute Gasteiger partial charge is 0.435 e. The maximum absolute atomic E-state index is 14.1. The molecule has 1 aromatic heterocycles. The minimum atomic E-state index is -0.514. The van der Waals surface area contributed by atoms with Crippen LogP contribution in [0.3, 0.4) is 0 Å². The molecule has 21 heavy (non-hydrogen) atoms. The van der Waals surface area contributed by atoms with E-state index >= 15 is 0 Å². The Morgan fingerprint density at radius 3 is 2.76 bits per heavy atom. The van der Waals surface area contributed by atoms with Gasteiger partial charge in [0.2, 0.25) is 5.82 Å². The van der Waals surface area contributed by atoms with Gasteiger partial charge in [-0.3, -0.25) is 0 Å². The van der Waals surface area contributed by atoms with Crippen molar-refractivity contribution in [3.05, 3.63) is 58.7 Å². The average Bonchev–Trinajstić information content (AvgIpc) is 2.52. The van der Waals surface area contributed by atoms with Crippen LogP contribution >= 0.6 is 15.9 Å². The number of rotatable bonds is 3. The number of benzene rings is 2. The second kappa shape index (κ2) is 5.77. The summed E-state index contributed by atoms with van der Waals surface area (Å²) in [7, 11) is 0. The first-order valence-corrected chi connectivity index (χ1v) is 7.34. The van der Waals surface area contributed by atoms with Crippen LogP contribution in [0, 0.1) is 5.82 Å². The molecule has 0 aliphatic rings. The van der Waals surface area contributed by atoms with Crippen molar-refractivity contribution in [3.63, 3.8) is 0 Å². The number of ether oxygens (including phenoxy) is 1. The van der Waals surface area contributed by atoms with E-state index in [2.05, 4.69) is 25.9 Å². The predicted octanol–water partition coefficient (Wildman–Crippen LogP) is 4.89. The van der Waals surface area contributed by atoms with E-state index in [0.29, 0.717) is 17.9 Å². The summed E-state index contributed by atoms with van der Waals surface area (Å²) in [4.78, 5) is 7.77. The zero-order valence-corrected chi connectivity index (χ0v) is 12.9. The summed E-state index contributed by atoms with van der Waals surface area (Å²) in [5.41, 5.74) is 0.344. The third-order valence-corrected chi connectivity index (χ3v) is 4.02. The van der Waals surface area contributed by atoms with Gasteiger partial charge in [-0.15, -0.1) is 0 Å². The Balaban J connectivity index is 2.04. The second-order valence-corrected chi connectivity index (χ2v) is 5.29. The van der Waals surface area contributed by atoms with Crippen LogP contribution in [0.1, 0.15) is 12.6 Å². The van der Waals surface area contributed by atoms with E-state index in [0.717, 1.165) is 15.2 Å². The Morgan fingerprint density at radius 2 is 1.95 bits per heavy atom. The molecule has 0 aliphatic heterocycles. The quantitative estimate of drug-likeness (QED) is 0.677. The van der Waals surface area contributed by atoms with Crippen molar-refractivity contribution in [2.24, 2.45) is 0 Å². The molecule has 2 aromatic carbocycles. The van der Waals surface area contributed by atoms with Gasteiger partial charge in [0.15, 0.2) is 0 Å². The fraction of sp³-hybridized carbons (Fsp3) is 0.125. The van der Waals surface area contributed by atoms with Gasteiger partial charge in [-0.1, -0.05) is 37.3 Å². The third-order valence-electron chi connectivity index (χ3n) is 3.20. The molecule has 0 saturated heterocycles. The lowest BCUT2D eigenvalue weighted by atomic mass is 10.1. The highest BCUT2D eigenvalue weighted by Gasteiger charge is 2.14. The molecule has 5 heteroatoms. The molecule has 0 saturated carbocycles. The summed E-state index contributed by atoms with van der Waals surface area (Å²) >= 11 is 3.51. The zero-order valence-electron chi connectivity index (χ0n) is 11.3. The first kappa shape index (κ1) is 13.9. The molecule has 0 spiro atoms. The molecule has 106 valence electrons. The summed E-state index contributed by atoms with van der Waals surface area (Å²) in [6.45, 7) is 1.83. The average molecular weight is 347 g/mol. The van der Waals surface area contributed by atoms with Gasteiger partial charge in [0.05, 0.1) is 10.2 Å². The second-order valence-electron chi connectivity index (χ2n) is 4.49. The molecule has 3 rings (SSSR count). The first-order chi connectivity index (χ1) is 10.2. The van der Waals surface area contributed by atoms with Crippen molar-refractivity contribution >= 4 is 26.7 Å². The number of hydrogen-bond acceptors (Lipinski definition) is 3. The number of fused-ring (bicyclic) bond motifs is 1. The number of nitrogens with zero attached hydrogens (tertiary/aromatic N) is 2. The van der Waals surface area contributed by atoms with Crippen molar-refractivity contribution in [3.8, 4) is 11.6 Å². The first-order valence-electron chi connectivity index (χ1n) is 6.55. The summed E-state index contributed by atoms with van der Waals surface area (Å²) in [6.07, 6.45) is 1.80. The van der Waals surface area contributed by atoms with Gasteiger partial charge in [0.1, 0.15) is 12.1 Å². The highest BCUT2D eigenvalue weighted by Crippen LogP contribution is 2.35. The summed E-state index contributed by atoms with van der Waals surface area (Å²) in [5, 5.41) is 2.08. The lowest BCUT2D eigenvalue weighted by Crippen LogP contribution is -1.99. The Hall–Kier alpha value is -2.01. The topological polar surface area (TPSA) is 35.0 Å². The van der Waals surface area contributed by atoms with Crippen molar-refractivity contribution < 1.29 is 9.13 Å². The Labute approximate surface area is 129 Å². The molecule has 1 heterocycles. The van der Waals surface area contributed by atoms with Gasteiger partial charge in [0.25, 0.3) is 5.88 Å². The molecule has 0 unspecified atom stereocenters. The number of aromatic nitrogens is 2. The van der Waals surface area contributed by atoms with E-state index in [1.807, 2.05) is 37.3 Å². The summed E-state index contributed by atoms with van der Waals surface area (Å²) < 4.78 is 20.5. The van der Waals surface area contributed by atoms with Gasteiger partial charge >= 0.3 is 0 Å². The fourth-order valence-electron chi connectivity index (χ4n) is 2.10. The van der Waals surface area contributed by atoms with Crippen LogP contribution in [0.15, 0.2) is 47.2 Å². The van der Waals surface area contributed by atoms with Crippen LogP contribution < -0.4 is 4.74 Å². The Kier molecular flexibility index (Phi) is 3.84. The predicted molar refractivity (Wildman–Crippen MR) is 83.1 cm³/mol. The molecule has 0 fully saturated rings. The number of aryl methyl sites for hydroxylation is 1. The molecule has 0 atom stereocenters. The van der Waals surface area contributed by atoms with Gasteiger partial charge in [-0.25, -0.2) is 4.98 Å². The van der Waals surface area contributed by atoms with Gasteiger partial charge < -0.3 is 4.74 Å². The Morgan fingerprint density at radius 1 is 1.14 bits per heavy atom. The molecule has 0 aliphatic carbocycles. The van der Waals surface area contributed by atoms with E-state index in [4.69, 9.17) is 4.74 Å².